The van der Waals surface area contributed by atoms with E-state index in [2.05, 4.69) is 15.2 Å². The van der Waals surface area contributed by atoms with Crippen molar-refractivity contribution in [3.8, 4) is 17.2 Å². The van der Waals surface area contributed by atoms with Crippen molar-refractivity contribution >= 4 is 11.6 Å². The van der Waals surface area contributed by atoms with E-state index in [9.17, 15) is 22.4 Å². The highest BCUT2D eigenvalue weighted by molar-refractivity contribution is 6.32. The first-order valence-corrected chi connectivity index (χ1v) is 7.98. The topological polar surface area (TPSA) is 71.2 Å². The second kappa shape index (κ2) is 7.50. The monoisotopic (exact) mass is 418 g/mol. The molecular formula is C16H11ClF4N4O3. The highest BCUT2D eigenvalue weighted by atomic mass is 35.5. The molecule has 148 valence electrons. The number of halogens is 5. The molecule has 0 fully saturated rings. The van der Waals surface area contributed by atoms with Crippen LogP contribution in [0, 0.1) is 5.82 Å². The molecule has 0 bridgehead atoms. The molecule has 2 aromatic carbocycles. The molecule has 0 aliphatic rings. The third-order valence-electron chi connectivity index (χ3n) is 3.55. The Morgan fingerprint density at radius 3 is 2.54 bits per heavy atom. The minimum absolute atomic E-state index is 0.0487. The minimum atomic E-state index is -4.99. The van der Waals surface area contributed by atoms with Crippen molar-refractivity contribution in [3.63, 3.8) is 0 Å². The third-order valence-corrected chi connectivity index (χ3v) is 3.86. The van der Waals surface area contributed by atoms with E-state index in [4.69, 9.17) is 16.3 Å². The van der Waals surface area contributed by atoms with Gasteiger partial charge in [0.2, 0.25) is 0 Å². The lowest BCUT2D eigenvalue weighted by molar-refractivity contribution is -0.275. The first-order valence-electron chi connectivity index (χ1n) is 7.60. The van der Waals surface area contributed by atoms with Crippen molar-refractivity contribution in [3.05, 3.63) is 63.3 Å². The molecule has 0 amide bonds. The minimum Gasteiger partial charge on any atom is -0.487 e. The van der Waals surface area contributed by atoms with E-state index in [1.807, 2.05) is 0 Å². The van der Waals surface area contributed by atoms with E-state index in [1.54, 1.807) is 0 Å². The number of tetrazole rings is 1. The SMILES string of the molecule is Cn1nnn(-c2cccc(OC(F)(F)F)c2COc2cc(F)ccc2Cl)c1=O. The number of nitrogens with zero attached hydrogens (tertiary/aromatic N) is 4. The zero-order valence-corrected chi connectivity index (χ0v) is 14.8. The molecule has 0 saturated carbocycles. The van der Waals surface area contributed by atoms with E-state index >= 15 is 0 Å². The largest absolute Gasteiger partial charge is 0.573 e. The summed E-state index contributed by atoms with van der Waals surface area (Å²) < 4.78 is 62.8. The lowest BCUT2D eigenvalue weighted by Crippen LogP contribution is -2.24. The Morgan fingerprint density at radius 2 is 1.89 bits per heavy atom. The average Bonchev–Trinajstić information content (AvgIpc) is 2.94. The Morgan fingerprint density at radius 1 is 1.14 bits per heavy atom. The molecule has 1 heterocycles. The van der Waals surface area contributed by atoms with Crippen molar-refractivity contribution < 1.29 is 27.0 Å². The van der Waals surface area contributed by atoms with Crippen LogP contribution in [0.5, 0.6) is 11.5 Å². The number of hydrogen-bond acceptors (Lipinski definition) is 5. The van der Waals surface area contributed by atoms with Crippen LogP contribution >= 0.6 is 11.6 Å². The van der Waals surface area contributed by atoms with E-state index in [-0.39, 0.29) is 22.0 Å². The van der Waals surface area contributed by atoms with Gasteiger partial charge in [-0.05, 0) is 34.7 Å². The molecule has 0 unspecified atom stereocenters. The highest BCUT2D eigenvalue weighted by Crippen LogP contribution is 2.32. The summed E-state index contributed by atoms with van der Waals surface area (Å²) in [5.74, 6) is -1.36. The van der Waals surface area contributed by atoms with Crippen molar-refractivity contribution in [1.29, 1.82) is 0 Å². The molecule has 0 saturated heterocycles. The average molecular weight is 419 g/mol. The predicted molar refractivity (Wildman–Crippen MR) is 89.0 cm³/mol. The zero-order chi connectivity index (χ0) is 20.5. The molecule has 0 radical (unpaired) electrons. The molecule has 1 aromatic heterocycles. The molecule has 3 aromatic rings. The van der Waals surface area contributed by atoms with Crippen LogP contribution in [0.1, 0.15) is 5.56 Å². The Hall–Kier alpha value is -3.08. The molecule has 3 rings (SSSR count). The fourth-order valence-electron chi connectivity index (χ4n) is 2.32. The first kappa shape index (κ1) is 19.7. The normalized spacial score (nSPS) is 11.5. The van der Waals surface area contributed by atoms with Gasteiger partial charge in [-0.3, -0.25) is 0 Å². The number of benzene rings is 2. The van der Waals surface area contributed by atoms with Crippen LogP contribution in [0.15, 0.2) is 41.2 Å². The van der Waals surface area contributed by atoms with Gasteiger partial charge in [0.15, 0.2) is 0 Å². The molecular weight excluding hydrogens is 408 g/mol. The van der Waals surface area contributed by atoms with Gasteiger partial charge in [-0.15, -0.1) is 13.2 Å². The molecule has 0 atom stereocenters. The van der Waals surface area contributed by atoms with Gasteiger partial charge in [0.25, 0.3) is 0 Å². The van der Waals surface area contributed by atoms with Crippen LogP contribution < -0.4 is 15.2 Å². The Balaban J connectivity index is 2.06. The molecule has 12 heteroatoms. The second-order valence-corrected chi connectivity index (χ2v) is 5.87. The molecule has 28 heavy (non-hydrogen) atoms. The number of rotatable bonds is 5. The summed E-state index contributed by atoms with van der Waals surface area (Å²) in [6.45, 7) is -0.520. The van der Waals surface area contributed by atoms with E-state index < -0.39 is 30.2 Å². The first-order chi connectivity index (χ1) is 13.2. The summed E-state index contributed by atoms with van der Waals surface area (Å²) in [5.41, 5.74) is -0.913. The fraction of sp³-hybridized carbons (Fsp3) is 0.188. The van der Waals surface area contributed by atoms with Crippen LogP contribution in [-0.2, 0) is 13.7 Å². The zero-order valence-electron chi connectivity index (χ0n) is 14.1. The van der Waals surface area contributed by atoms with Crippen molar-refractivity contribution in [1.82, 2.24) is 19.8 Å². The molecule has 7 nitrogen and oxygen atoms in total. The van der Waals surface area contributed by atoms with E-state index in [1.165, 1.54) is 25.2 Å². The highest BCUT2D eigenvalue weighted by Gasteiger charge is 2.33. The summed E-state index contributed by atoms with van der Waals surface area (Å²) >= 11 is 5.91. The van der Waals surface area contributed by atoms with Gasteiger partial charge >= 0.3 is 12.1 Å². The lowest BCUT2D eigenvalue weighted by Gasteiger charge is -2.17. The summed E-state index contributed by atoms with van der Waals surface area (Å²) in [5, 5.41) is 7.18. The fourth-order valence-corrected chi connectivity index (χ4v) is 2.49. The number of aryl methyl sites for hydroxylation is 1. The van der Waals surface area contributed by atoms with E-state index in [0.717, 1.165) is 27.6 Å². The van der Waals surface area contributed by atoms with Gasteiger partial charge < -0.3 is 9.47 Å². The van der Waals surface area contributed by atoms with Crippen molar-refractivity contribution in [2.45, 2.75) is 13.0 Å². The maximum absolute atomic E-state index is 13.4. The van der Waals surface area contributed by atoms with Gasteiger partial charge in [-0.25, -0.2) is 9.18 Å². The smallest absolute Gasteiger partial charge is 0.487 e. The Bertz CT molecular complexity index is 1060. The van der Waals surface area contributed by atoms with Crippen molar-refractivity contribution in [2.24, 2.45) is 7.05 Å². The molecule has 0 N–H and O–H groups in total. The summed E-state index contributed by atoms with van der Waals surface area (Å²) in [6, 6.07) is 6.94. The van der Waals surface area contributed by atoms with Crippen LogP contribution in [-0.4, -0.2) is 26.2 Å². The van der Waals surface area contributed by atoms with Crippen molar-refractivity contribution in [2.75, 3.05) is 0 Å². The van der Waals surface area contributed by atoms with Crippen LogP contribution in [0.25, 0.3) is 5.69 Å². The van der Waals surface area contributed by atoms with Crippen LogP contribution in [0.2, 0.25) is 5.02 Å². The predicted octanol–water partition coefficient (Wildman–Crippen LogP) is 3.24. The van der Waals surface area contributed by atoms with Gasteiger partial charge in [0.05, 0.1) is 16.3 Å². The van der Waals surface area contributed by atoms with Gasteiger partial charge in [-0.2, -0.15) is 9.36 Å². The van der Waals surface area contributed by atoms with Gasteiger partial charge in [0.1, 0.15) is 23.9 Å². The van der Waals surface area contributed by atoms with Gasteiger partial charge in [0, 0.05) is 13.1 Å². The second-order valence-electron chi connectivity index (χ2n) is 5.46. The number of ether oxygens (including phenoxy) is 2. The maximum atomic E-state index is 13.4. The van der Waals surface area contributed by atoms with E-state index in [0.29, 0.717) is 0 Å². The summed E-state index contributed by atoms with van der Waals surface area (Å²) in [4.78, 5) is 12.1. The Kier molecular flexibility index (Phi) is 5.27. The standard InChI is InChI=1S/C16H11ClF4N4O3/c1-24-15(26)25(23-22-24)12-3-2-4-13(28-16(19,20)21)10(12)8-27-14-7-9(18)5-6-11(14)17/h2-7H,8H2,1H3. The molecule has 0 aliphatic carbocycles. The summed E-state index contributed by atoms with van der Waals surface area (Å²) in [6.07, 6.45) is -4.99. The Labute approximate surface area is 159 Å². The lowest BCUT2D eigenvalue weighted by atomic mass is 10.1. The summed E-state index contributed by atoms with van der Waals surface area (Å²) in [7, 11) is 1.32. The van der Waals surface area contributed by atoms with Gasteiger partial charge in [-0.1, -0.05) is 17.7 Å². The molecule has 0 spiro atoms. The quantitative estimate of drug-likeness (QED) is 0.595. The third kappa shape index (κ3) is 4.25. The molecule has 0 aliphatic heterocycles. The number of aromatic nitrogens is 4. The number of hydrogen-bond donors (Lipinski definition) is 0. The maximum Gasteiger partial charge on any atom is 0.573 e. The van der Waals surface area contributed by atoms with Crippen LogP contribution in [0.3, 0.4) is 0 Å². The van der Waals surface area contributed by atoms with Crippen LogP contribution in [0.4, 0.5) is 17.6 Å². The number of alkyl halides is 3.